The van der Waals surface area contributed by atoms with Crippen LogP contribution in [0.1, 0.15) is 11.4 Å². The van der Waals surface area contributed by atoms with E-state index in [4.69, 9.17) is 0 Å². The molecule has 2 heterocycles. The third-order valence-electron chi connectivity index (χ3n) is 3.76. The van der Waals surface area contributed by atoms with E-state index in [1.807, 2.05) is 0 Å². The lowest BCUT2D eigenvalue weighted by Crippen LogP contribution is -2.08. The molecule has 0 saturated heterocycles. The summed E-state index contributed by atoms with van der Waals surface area (Å²) in [4.78, 5) is 2.92. The minimum absolute atomic E-state index is 0.00138. The normalized spacial score (nSPS) is 12.4. The predicted octanol–water partition coefficient (Wildman–Crippen LogP) is 3.94. The van der Waals surface area contributed by atoms with Gasteiger partial charge in [0.2, 0.25) is 0 Å². The Morgan fingerprint density at radius 3 is 2.14 bits per heavy atom. The summed E-state index contributed by atoms with van der Waals surface area (Å²) in [5, 5.41) is 3.47. The van der Waals surface area contributed by atoms with Crippen molar-refractivity contribution in [2.45, 2.75) is 18.0 Å². The fourth-order valence-corrected chi connectivity index (χ4v) is 3.43. The molecule has 0 aliphatic rings. The number of sulfone groups is 1. The number of rotatable bonds is 3. The lowest BCUT2D eigenvalue weighted by Gasteiger charge is -2.09. The topological polar surface area (TPSA) is 64.8 Å². The fraction of sp³-hybridized carbons (Fsp3) is 0.176. The van der Waals surface area contributed by atoms with Gasteiger partial charge in [-0.25, -0.2) is 26.9 Å². The van der Waals surface area contributed by atoms with Crippen LogP contribution in [-0.2, 0) is 16.0 Å². The van der Waals surface area contributed by atoms with Crippen molar-refractivity contribution in [3.8, 4) is 17.1 Å². The highest BCUT2D eigenvalue weighted by atomic mass is 32.2. The average molecular weight is 417 g/mol. The number of aromatic nitrogens is 3. The molecule has 0 atom stereocenters. The molecule has 0 radical (unpaired) electrons. The maximum absolute atomic E-state index is 14.2. The summed E-state index contributed by atoms with van der Waals surface area (Å²) in [6.07, 6.45) is -4.19. The second kappa shape index (κ2) is 6.66. The van der Waals surface area contributed by atoms with Crippen LogP contribution in [0.4, 0.5) is 22.0 Å². The summed E-state index contributed by atoms with van der Waals surface area (Å²) in [6.45, 7) is 1.61. The number of aryl methyl sites for hydroxylation is 1. The van der Waals surface area contributed by atoms with Gasteiger partial charge in [-0.05, 0) is 37.3 Å². The molecule has 3 aromatic rings. The third-order valence-corrected chi connectivity index (χ3v) is 4.89. The van der Waals surface area contributed by atoms with Crippen molar-refractivity contribution in [3.63, 3.8) is 0 Å². The zero-order valence-corrected chi connectivity index (χ0v) is 15.2. The summed E-state index contributed by atoms with van der Waals surface area (Å²) < 4.78 is 91.8. The van der Waals surface area contributed by atoms with Crippen LogP contribution in [0, 0.1) is 18.6 Å². The molecule has 3 rings (SSSR count). The molecule has 0 amide bonds. The van der Waals surface area contributed by atoms with E-state index in [9.17, 15) is 30.4 Å². The van der Waals surface area contributed by atoms with E-state index in [-0.39, 0.29) is 17.1 Å². The molecule has 0 saturated carbocycles. The fourth-order valence-electron chi connectivity index (χ4n) is 2.61. The molecule has 28 heavy (non-hydrogen) atoms. The van der Waals surface area contributed by atoms with Gasteiger partial charge in [0.1, 0.15) is 16.5 Å². The first-order valence-corrected chi connectivity index (χ1v) is 9.58. The van der Waals surface area contributed by atoms with Gasteiger partial charge in [0, 0.05) is 17.5 Å². The second-order valence-corrected chi connectivity index (χ2v) is 7.96. The monoisotopic (exact) mass is 417 g/mol. The molecule has 0 aliphatic heterocycles. The van der Waals surface area contributed by atoms with Gasteiger partial charge in [0.25, 0.3) is 0 Å². The maximum Gasteiger partial charge on any atom is 0.435 e. The average Bonchev–Trinajstić information content (AvgIpc) is 2.98. The summed E-state index contributed by atoms with van der Waals surface area (Å²) >= 11 is 0. The summed E-state index contributed by atoms with van der Waals surface area (Å²) in [5.41, 5.74) is -1.44. The van der Waals surface area contributed by atoms with E-state index < -0.39 is 38.2 Å². The minimum Gasteiger partial charge on any atom is -0.234 e. The van der Waals surface area contributed by atoms with Gasteiger partial charge in [0.15, 0.2) is 21.3 Å². The molecule has 11 heteroatoms. The van der Waals surface area contributed by atoms with Crippen LogP contribution in [-0.4, -0.2) is 29.4 Å². The molecular weight excluding hydrogens is 405 g/mol. The molecule has 1 aromatic carbocycles. The van der Waals surface area contributed by atoms with Gasteiger partial charge in [-0.2, -0.15) is 18.3 Å². The molecule has 5 nitrogen and oxygen atoms in total. The first-order valence-electron chi connectivity index (χ1n) is 7.68. The first kappa shape index (κ1) is 19.9. The summed E-state index contributed by atoms with van der Waals surface area (Å²) in [6, 6.07) is 6.41. The van der Waals surface area contributed by atoms with Crippen molar-refractivity contribution in [2.24, 2.45) is 0 Å². The van der Waals surface area contributed by atoms with Crippen molar-refractivity contribution >= 4 is 9.84 Å². The number of halogens is 5. The number of hydrogen-bond acceptors (Lipinski definition) is 4. The van der Waals surface area contributed by atoms with Crippen molar-refractivity contribution in [1.82, 2.24) is 14.8 Å². The maximum atomic E-state index is 14.2. The Kier molecular flexibility index (Phi) is 4.74. The largest absolute Gasteiger partial charge is 0.435 e. The van der Waals surface area contributed by atoms with Crippen LogP contribution in [0.3, 0.4) is 0 Å². The van der Waals surface area contributed by atoms with Crippen molar-refractivity contribution in [1.29, 1.82) is 0 Å². The standard InChI is InChI=1S/C17H12F5N3O2S/c1-9-4-3-5-15(23-9)25-13(8-14(24-25)17(20,21)22)10-6-11(18)16(12(19)7-10)28(2,26)27/h3-8H,1-2H3. The van der Waals surface area contributed by atoms with Crippen LogP contribution in [0.15, 0.2) is 41.3 Å². The minimum atomic E-state index is -4.81. The highest BCUT2D eigenvalue weighted by Crippen LogP contribution is 2.34. The Labute approximate surface area is 156 Å². The van der Waals surface area contributed by atoms with Crippen LogP contribution < -0.4 is 0 Å². The van der Waals surface area contributed by atoms with Crippen molar-refractivity contribution in [3.05, 3.63) is 59.4 Å². The number of alkyl halides is 3. The van der Waals surface area contributed by atoms with Crippen molar-refractivity contribution in [2.75, 3.05) is 6.26 Å². The molecule has 0 fully saturated rings. The lowest BCUT2D eigenvalue weighted by atomic mass is 10.1. The zero-order chi connectivity index (χ0) is 20.9. The van der Waals surface area contributed by atoms with E-state index in [2.05, 4.69) is 10.1 Å². The third kappa shape index (κ3) is 3.75. The second-order valence-electron chi connectivity index (χ2n) is 6.00. The summed E-state index contributed by atoms with van der Waals surface area (Å²) in [7, 11) is -4.21. The quantitative estimate of drug-likeness (QED) is 0.606. The van der Waals surface area contributed by atoms with E-state index >= 15 is 0 Å². The van der Waals surface area contributed by atoms with Gasteiger partial charge in [-0.3, -0.25) is 0 Å². The molecule has 0 bridgehead atoms. The number of nitrogens with zero attached hydrogens (tertiary/aromatic N) is 3. The number of benzene rings is 1. The summed E-state index contributed by atoms with van der Waals surface area (Å²) in [5.74, 6) is -2.84. The van der Waals surface area contributed by atoms with E-state index in [0.717, 1.165) is 4.68 Å². The van der Waals surface area contributed by atoms with Crippen LogP contribution in [0.25, 0.3) is 17.1 Å². The smallest absolute Gasteiger partial charge is 0.234 e. The molecule has 0 aliphatic carbocycles. The molecule has 0 N–H and O–H groups in total. The molecular formula is C17H12F5N3O2S. The van der Waals surface area contributed by atoms with Crippen LogP contribution >= 0.6 is 0 Å². The van der Waals surface area contributed by atoms with E-state index in [1.165, 1.54) is 12.1 Å². The number of hydrogen-bond donors (Lipinski definition) is 0. The lowest BCUT2D eigenvalue weighted by molar-refractivity contribution is -0.141. The van der Waals surface area contributed by atoms with E-state index in [0.29, 0.717) is 30.1 Å². The molecule has 0 unspecified atom stereocenters. The van der Waals surface area contributed by atoms with E-state index in [1.54, 1.807) is 13.0 Å². The van der Waals surface area contributed by atoms with Crippen molar-refractivity contribution < 1.29 is 30.4 Å². The first-order chi connectivity index (χ1) is 12.9. The van der Waals surface area contributed by atoms with Gasteiger partial charge in [0.05, 0.1) is 5.69 Å². The SMILES string of the molecule is Cc1cccc(-n2nc(C(F)(F)F)cc2-c2cc(F)c(S(C)(=O)=O)c(F)c2)n1. The number of pyridine rings is 1. The van der Waals surface area contributed by atoms with Gasteiger partial charge < -0.3 is 0 Å². The van der Waals surface area contributed by atoms with Crippen LogP contribution in [0.5, 0.6) is 0 Å². The van der Waals surface area contributed by atoms with Crippen LogP contribution in [0.2, 0.25) is 0 Å². The Morgan fingerprint density at radius 1 is 1.04 bits per heavy atom. The molecule has 0 spiro atoms. The molecule has 148 valence electrons. The highest BCUT2D eigenvalue weighted by Gasteiger charge is 2.36. The van der Waals surface area contributed by atoms with Gasteiger partial charge in [-0.15, -0.1) is 0 Å². The molecule has 2 aromatic heterocycles. The Balaban J connectivity index is 2.29. The highest BCUT2D eigenvalue weighted by molar-refractivity contribution is 7.90. The van der Waals surface area contributed by atoms with Gasteiger partial charge >= 0.3 is 6.18 Å². The zero-order valence-electron chi connectivity index (χ0n) is 14.4. The Hall–Kier alpha value is -2.82. The Morgan fingerprint density at radius 2 is 1.64 bits per heavy atom. The predicted molar refractivity (Wildman–Crippen MR) is 89.6 cm³/mol. The Bertz CT molecular complexity index is 1150. The van der Waals surface area contributed by atoms with Gasteiger partial charge in [-0.1, -0.05) is 6.07 Å².